The molecule has 0 saturated heterocycles. The lowest BCUT2D eigenvalue weighted by molar-refractivity contribution is 0.913. The molecule has 0 aromatic heterocycles. The molecule has 2 rings (SSSR count). The van der Waals surface area contributed by atoms with Crippen molar-refractivity contribution in [3.05, 3.63) is 28.2 Å². The van der Waals surface area contributed by atoms with E-state index in [1.807, 2.05) is 0 Å². The van der Waals surface area contributed by atoms with Gasteiger partial charge in [-0.3, -0.25) is 0 Å². The Labute approximate surface area is 102 Å². The van der Waals surface area contributed by atoms with Crippen molar-refractivity contribution < 1.29 is 0 Å². The predicted octanol–water partition coefficient (Wildman–Crippen LogP) is 3.94. The smallest absolute Gasteiger partial charge is 0.0510 e. The summed E-state index contributed by atoms with van der Waals surface area (Å²) in [5.41, 5.74) is 2.61. The zero-order chi connectivity index (χ0) is 10.1. The molecule has 1 aliphatic rings. The van der Waals surface area contributed by atoms with Gasteiger partial charge in [0.15, 0.2) is 0 Å². The highest BCUT2D eigenvalue weighted by Gasteiger charge is 2.27. The third-order valence-corrected chi connectivity index (χ3v) is 3.92. The molecule has 0 radical (unpaired) electrons. The van der Waals surface area contributed by atoms with Crippen LogP contribution in [0.3, 0.4) is 0 Å². The molecular formula is C11H13Br2N. The maximum Gasteiger partial charge on any atom is 0.0510 e. The maximum absolute atomic E-state index is 3.62. The van der Waals surface area contributed by atoms with Gasteiger partial charge < -0.3 is 4.90 Å². The van der Waals surface area contributed by atoms with Crippen LogP contribution in [0.4, 0.5) is 5.69 Å². The Morgan fingerprint density at radius 3 is 2.64 bits per heavy atom. The Hall–Kier alpha value is -0.0200. The van der Waals surface area contributed by atoms with E-state index in [-0.39, 0.29) is 0 Å². The normalized spacial score (nSPS) is 15.6. The van der Waals surface area contributed by atoms with Gasteiger partial charge in [0.05, 0.1) is 5.69 Å². The molecule has 0 spiro atoms. The SMILES string of the molecule is CN(c1ccc(CBr)cc1Br)C1CC1. The number of nitrogens with zero attached hydrogens (tertiary/aromatic N) is 1. The Balaban J connectivity index is 2.24. The minimum atomic E-state index is 0.765. The third-order valence-electron chi connectivity index (χ3n) is 2.64. The Kier molecular flexibility index (Phi) is 3.17. The first-order valence-electron chi connectivity index (χ1n) is 4.79. The van der Waals surface area contributed by atoms with Crippen molar-refractivity contribution in [1.29, 1.82) is 0 Å². The van der Waals surface area contributed by atoms with Gasteiger partial charge >= 0.3 is 0 Å². The van der Waals surface area contributed by atoms with Gasteiger partial charge in [0, 0.05) is 22.9 Å². The van der Waals surface area contributed by atoms with Gasteiger partial charge in [-0.05, 0) is 46.5 Å². The van der Waals surface area contributed by atoms with Crippen LogP contribution >= 0.6 is 31.9 Å². The van der Waals surface area contributed by atoms with E-state index in [9.17, 15) is 0 Å². The average Bonchev–Trinajstić information content (AvgIpc) is 3.00. The van der Waals surface area contributed by atoms with Crippen LogP contribution in [0.5, 0.6) is 0 Å². The van der Waals surface area contributed by atoms with Gasteiger partial charge in [-0.15, -0.1) is 0 Å². The number of alkyl halides is 1. The fourth-order valence-corrected chi connectivity index (χ4v) is 2.63. The third kappa shape index (κ3) is 2.14. The first-order valence-corrected chi connectivity index (χ1v) is 6.71. The van der Waals surface area contributed by atoms with Gasteiger partial charge in [0.2, 0.25) is 0 Å². The summed E-state index contributed by atoms with van der Waals surface area (Å²) in [6, 6.07) is 7.32. The monoisotopic (exact) mass is 317 g/mol. The summed E-state index contributed by atoms with van der Waals surface area (Å²) in [4.78, 5) is 2.36. The quantitative estimate of drug-likeness (QED) is 0.763. The molecule has 1 aromatic carbocycles. The lowest BCUT2D eigenvalue weighted by Crippen LogP contribution is -2.19. The molecule has 0 aliphatic heterocycles. The average molecular weight is 319 g/mol. The number of hydrogen-bond acceptors (Lipinski definition) is 1. The number of hydrogen-bond donors (Lipinski definition) is 0. The second kappa shape index (κ2) is 4.23. The summed E-state index contributed by atoms with van der Waals surface area (Å²) in [6.07, 6.45) is 2.67. The van der Waals surface area contributed by atoms with E-state index >= 15 is 0 Å². The summed E-state index contributed by atoms with van der Waals surface area (Å²) >= 11 is 7.08. The van der Waals surface area contributed by atoms with Crippen LogP contribution < -0.4 is 4.90 Å². The zero-order valence-corrected chi connectivity index (χ0v) is 11.3. The predicted molar refractivity (Wildman–Crippen MR) is 68.2 cm³/mol. The molecular weight excluding hydrogens is 306 g/mol. The van der Waals surface area contributed by atoms with E-state index < -0.39 is 0 Å². The van der Waals surface area contributed by atoms with E-state index in [1.54, 1.807) is 0 Å². The molecule has 1 aromatic rings. The molecule has 3 heteroatoms. The minimum Gasteiger partial charge on any atom is -0.371 e. The summed E-state index contributed by atoms with van der Waals surface area (Å²) in [5, 5.41) is 0.916. The van der Waals surface area contributed by atoms with Crippen molar-refractivity contribution in [3.63, 3.8) is 0 Å². The van der Waals surface area contributed by atoms with Crippen molar-refractivity contribution in [3.8, 4) is 0 Å². The fraction of sp³-hybridized carbons (Fsp3) is 0.455. The molecule has 1 fully saturated rings. The number of benzene rings is 1. The van der Waals surface area contributed by atoms with Gasteiger partial charge in [-0.2, -0.15) is 0 Å². The molecule has 1 saturated carbocycles. The van der Waals surface area contributed by atoms with Crippen LogP contribution in [0.25, 0.3) is 0 Å². The molecule has 1 nitrogen and oxygen atoms in total. The van der Waals surface area contributed by atoms with Crippen LogP contribution in [0.15, 0.2) is 22.7 Å². The van der Waals surface area contributed by atoms with Gasteiger partial charge in [-0.1, -0.05) is 22.0 Å². The first kappa shape index (κ1) is 10.5. The van der Waals surface area contributed by atoms with Crippen LogP contribution in [0.2, 0.25) is 0 Å². The van der Waals surface area contributed by atoms with Crippen LogP contribution in [-0.2, 0) is 5.33 Å². The van der Waals surface area contributed by atoms with Gasteiger partial charge in [-0.25, -0.2) is 0 Å². The minimum absolute atomic E-state index is 0.765. The molecule has 14 heavy (non-hydrogen) atoms. The number of rotatable bonds is 3. The van der Waals surface area contributed by atoms with E-state index in [1.165, 1.54) is 28.6 Å². The van der Waals surface area contributed by atoms with E-state index in [0.29, 0.717) is 0 Å². The highest BCUT2D eigenvalue weighted by Crippen LogP contribution is 2.35. The standard InChI is InChI=1S/C11H13Br2N/c1-14(9-3-4-9)11-5-2-8(7-12)6-10(11)13/h2,5-6,9H,3-4,7H2,1H3. The molecule has 0 N–H and O–H groups in total. The summed E-state index contributed by atoms with van der Waals surface area (Å²) in [5.74, 6) is 0. The van der Waals surface area contributed by atoms with Crippen molar-refractivity contribution in [1.82, 2.24) is 0 Å². The molecule has 0 bridgehead atoms. The maximum atomic E-state index is 3.62. The molecule has 1 aliphatic carbocycles. The highest BCUT2D eigenvalue weighted by atomic mass is 79.9. The Bertz CT molecular complexity index is 334. The summed E-state index contributed by atoms with van der Waals surface area (Å²) in [6.45, 7) is 0. The molecule has 0 amide bonds. The largest absolute Gasteiger partial charge is 0.371 e. The molecule has 76 valence electrons. The first-order chi connectivity index (χ1) is 6.72. The molecule has 0 unspecified atom stereocenters. The second-order valence-corrected chi connectivity index (χ2v) is 5.18. The van der Waals surface area contributed by atoms with E-state index in [2.05, 4.69) is 62.0 Å². The Morgan fingerprint density at radius 2 is 2.14 bits per heavy atom. The topological polar surface area (TPSA) is 3.24 Å². The van der Waals surface area contributed by atoms with E-state index in [0.717, 1.165) is 11.4 Å². The highest BCUT2D eigenvalue weighted by molar-refractivity contribution is 9.10. The lowest BCUT2D eigenvalue weighted by atomic mass is 10.2. The van der Waals surface area contributed by atoms with Crippen LogP contribution in [-0.4, -0.2) is 13.1 Å². The second-order valence-electron chi connectivity index (χ2n) is 3.76. The van der Waals surface area contributed by atoms with E-state index in [4.69, 9.17) is 0 Å². The van der Waals surface area contributed by atoms with Crippen molar-refractivity contribution in [2.45, 2.75) is 24.2 Å². The van der Waals surface area contributed by atoms with Crippen LogP contribution in [0.1, 0.15) is 18.4 Å². The number of halogens is 2. The van der Waals surface area contributed by atoms with Crippen molar-refractivity contribution in [2.75, 3.05) is 11.9 Å². The molecule has 0 atom stereocenters. The van der Waals surface area contributed by atoms with Gasteiger partial charge in [0.25, 0.3) is 0 Å². The Morgan fingerprint density at radius 1 is 1.43 bits per heavy atom. The number of anilines is 1. The molecule has 0 heterocycles. The lowest BCUT2D eigenvalue weighted by Gasteiger charge is -2.20. The fourth-order valence-electron chi connectivity index (χ4n) is 1.58. The van der Waals surface area contributed by atoms with Crippen LogP contribution in [0, 0.1) is 0 Å². The summed E-state index contributed by atoms with van der Waals surface area (Å²) < 4.78 is 1.20. The van der Waals surface area contributed by atoms with Gasteiger partial charge in [0.1, 0.15) is 0 Å². The van der Waals surface area contributed by atoms with Crippen molar-refractivity contribution >= 4 is 37.5 Å². The van der Waals surface area contributed by atoms with Crippen molar-refractivity contribution in [2.24, 2.45) is 0 Å². The zero-order valence-electron chi connectivity index (χ0n) is 8.13. The summed E-state index contributed by atoms with van der Waals surface area (Å²) in [7, 11) is 2.17.